The molecular formula is C19H23F3N4O. The summed E-state index contributed by atoms with van der Waals surface area (Å²) in [5.41, 5.74) is 2.92. The molecule has 5 nitrogen and oxygen atoms in total. The number of aryl methyl sites for hydroxylation is 1. The summed E-state index contributed by atoms with van der Waals surface area (Å²) in [5.74, 6) is 0.487. The van der Waals surface area contributed by atoms with Crippen molar-refractivity contribution in [2.24, 2.45) is 4.99 Å². The Balaban J connectivity index is 1.94. The van der Waals surface area contributed by atoms with Gasteiger partial charge in [-0.05, 0) is 23.6 Å². The zero-order valence-electron chi connectivity index (χ0n) is 15.3. The van der Waals surface area contributed by atoms with Gasteiger partial charge in [0.25, 0.3) is 0 Å². The highest BCUT2D eigenvalue weighted by Gasteiger charge is 2.29. The number of ether oxygens (including phenoxy) is 1. The van der Waals surface area contributed by atoms with Gasteiger partial charge in [0.05, 0.1) is 0 Å². The van der Waals surface area contributed by atoms with Crippen LogP contribution in [-0.4, -0.2) is 30.8 Å². The molecule has 0 fully saturated rings. The molecule has 2 rings (SSSR count). The number of aliphatic imine (C=N–C) groups is 1. The van der Waals surface area contributed by atoms with Gasteiger partial charge in [0, 0.05) is 31.9 Å². The molecule has 0 atom stereocenters. The third-order valence-electron chi connectivity index (χ3n) is 3.84. The van der Waals surface area contributed by atoms with Gasteiger partial charge in [0.1, 0.15) is 0 Å². The van der Waals surface area contributed by atoms with Crippen LogP contribution in [0.25, 0.3) is 0 Å². The smallest absolute Gasteiger partial charge is 0.422 e. The SMILES string of the molecule is CCc1ccccc1CNC(=NC)NCc1cccnc1OCC(F)(F)F. The first-order chi connectivity index (χ1) is 12.9. The summed E-state index contributed by atoms with van der Waals surface area (Å²) < 4.78 is 41.9. The summed E-state index contributed by atoms with van der Waals surface area (Å²) in [6, 6.07) is 11.4. The molecular weight excluding hydrogens is 357 g/mol. The van der Waals surface area contributed by atoms with Gasteiger partial charge < -0.3 is 15.4 Å². The Hall–Kier alpha value is -2.77. The van der Waals surface area contributed by atoms with E-state index in [0.29, 0.717) is 18.1 Å². The van der Waals surface area contributed by atoms with E-state index in [0.717, 1.165) is 6.42 Å². The van der Waals surface area contributed by atoms with Crippen molar-refractivity contribution in [1.82, 2.24) is 15.6 Å². The molecule has 1 heterocycles. The maximum atomic E-state index is 12.4. The molecule has 2 N–H and O–H groups in total. The number of guanidine groups is 1. The molecule has 27 heavy (non-hydrogen) atoms. The lowest BCUT2D eigenvalue weighted by Gasteiger charge is -2.15. The first-order valence-electron chi connectivity index (χ1n) is 8.57. The van der Waals surface area contributed by atoms with Crippen molar-refractivity contribution < 1.29 is 17.9 Å². The second-order valence-electron chi connectivity index (χ2n) is 5.77. The first kappa shape index (κ1) is 20.5. The standard InChI is InChI=1S/C19H23F3N4O/c1-3-14-7-4-5-8-15(14)11-25-18(23-2)26-12-16-9-6-10-24-17(16)27-13-19(20,21)22/h4-10H,3,11-13H2,1-2H3,(H2,23,25,26). The number of pyridine rings is 1. The second kappa shape index (κ2) is 9.80. The van der Waals surface area contributed by atoms with Gasteiger partial charge in [-0.3, -0.25) is 4.99 Å². The van der Waals surface area contributed by atoms with E-state index in [9.17, 15) is 13.2 Å². The number of aromatic nitrogens is 1. The predicted molar refractivity (Wildman–Crippen MR) is 98.6 cm³/mol. The lowest BCUT2D eigenvalue weighted by atomic mass is 10.1. The molecule has 0 unspecified atom stereocenters. The Morgan fingerprint density at radius 3 is 2.30 bits per heavy atom. The summed E-state index contributed by atoms with van der Waals surface area (Å²) in [7, 11) is 1.63. The summed E-state index contributed by atoms with van der Waals surface area (Å²) in [4.78, 5) is 8.02. The normalized spacial score (nSPS) is 12.0. The van der Waals surface area contributed by atoms with Gasteiger partial charge >= 0.3 is 6.18 Å². The van der Waals surface area contributed by atoms with E-state index < -0.39 is 12.8 Å². The summed E-state index contributed by atoms with van der Waals surface area (Å²) >= 11 is 0. The van der Waals surface area contributed by atoms with Crippen molar-refractivity contribution in [3.05, 3.63) is 59.3 Å². The second-order valence-corrected chi connectivity index (χ2v) is 5.77. The van der Waals surface area contributed by atoms with E-state index in [-0.39, 0.29) is 12.4 Å². The van der Waals surface area contributed by atoms with Crippen LogP contribution in [0.1, 0.15) is 23.6 Å². The molecule has 2 aromatic rings. The number of rotatable bonds is 7. The molecule has 0 amide bonds. The Bertz CT molecular complexity index is 763. The molecule has 0 aliphatic rings. The van der Waals surface area contributed by atoms with Crippen LogP contribution < -0.4 is 15.4 Å². The number of benzene rings is 1. The molecule has 0 saturated carbocycles. The fraction of sp³-hybridized carbons (Fsp3) is 0.368. The highest BCUT2D eigenvalue weighted by atomic mass is 19.4. The highest BCUT2D eigenvalue weighted by Crippen LogP contribution is 2.19. The fourth-order valence-corrected chi connectivity index (χ4v) is 2.49. The molecule has 0 radical (unpaired) electrons. The Morgan fingerprint density at radius 2 is 1.67 bits per heavy atom. The van der Waals surface area contributed by atoms with Gasteiger partial charge in [-0.25, -0.2) is 4.98 Å². The zero-order chi connectivity index (χ0) is 19.7. The average molecular weight is 380 g/mol. The highest BCUT2D eigenvalue weighted by molar-refractivity contribution is 5.79. The number of hydrogen-bond donors (Lipinski definition) is 2. The van der Waals surface area contributed by atoms with Crippen molar-refractivity contribution in [2.75, 3.05) is 13.7 Å². The maximum absolute atomic E-state index is 12.4. The van der Waals surface area contributed by atoms with Crippen molar-refractivity contribution in [3.63, 3.8) is 0 Å². The van der Waals surface area contributed by atoms with Crippen LogP contribution in [0.2, 0.25) is 0 Å². The largest absolute Gasteiger partial charge is 0.468 e. The van der Waals surface area contributed by atoms with E-state index in [4.69, 9.17) is 4.74 Å². The number of hydrogen-bond acceptors (Lipinski definition) is 3. The van der Waals surface area contributed by atoms with Crippen LogP contribution in [0.3, 0.4) is 0 Å². The van der Waals surface area contributed by atoms with E-state index in [2.05, 4.69) is 33.6 Å². The molecule has 146 valence electrons. The average Bonchev–Trinajstić information content (AvgIpc) is 2.66. The predicted octanol–water partition coefficient (Wildman–Crippen LogP) is 3.45. The molecule has 8 heteroatoms. The number of halogens is 3. The van der Waals surface area contributed by atoms with E-state index in [1.165, 1.54) is 17.3 Å². The summed E-state index contributed by atoms with van der Waals surface area (Å²) in [6.07, 6.45) is -2.09. The van der Waals surface area contributed by atoms with Crippen LogP contribution in [-0.2, 0) is 19.5 Å². The van der Waals surface area contributed by atoms with Crippen molar-refractivity contribution in [2.45, 2.75) is 32.6 Å². The van der Waals surface area contributed by atoms with Crippen LogP contribution >= 0.6 is 0 Å². The van der Waals surface area contributed by atoms with E-state index >= 15 is 0 Å². The zero-order valence-corrected chi connectivity index (χ0v) is 15.3. The minimum Gasteiger partial charge on any atom is -0.468 e. The van der Waals surface area contributed by atoms with Gasteiger partial charge in [0.15, 0.2) is 12.6 Å². The molecule has 0 spiro atoms. The van der Waals surface area contributed by atoms with Gasteiger partial charge in [-0.15, -0.1) is 0 Å². The number of alkyl halides is 3. The maximum Gasteiger partial charge on any atom is 0.422 e. The summed E-state index contributed by atoms with van der Waals surface area (Å²) in [5, 5.41) is 6.27. The molecule has 0 bridgehead atoms. The molecule has 0 saturated heterocycles. The lowest BCUT2D eigenvalue weighted by Crippen LogP contribution is -2.36. The quantitative estimate of drug-likeness (QED) is 0.571. The van der Waals surface area contributed by atoms with Gasteiger partial charge in [0.2, 0.25) is 5.88 Å². The van der Waals surface area contributed by atoms with Crippen molar-refractivity contribution in [1.29, 1.82) is 0 Å². The first-order valence-corrected chi connectivity index (χ1v) is 8.57. The van der Waals surface area contributed by atoms with Crippen molar-refractivity contribution in [3.8, 4) is 5.88 Å². The third-order valence-corrected chi connectivity index (χ3v) is 3.84. The van der Waals surface area contributed by atoms with Crippen LogP contribution in [0.15, 0.2) is 47.6 Å². The third kappa shape index (κ3) is 6.80. The van der Waals surface area contributed by atoms with Gasteiger partial charge in [-0.1, -0.05) is 37.3 Å². The lowest BCUT2D eigenvalue weighted by molar-refractivity contribution is -0.154. The van der Waals surface area contributed by atoms with E-state index in [1.807, 2.05) is 18.2 Å². The van der Waals surface area contributed by atoms with E-state index in [1.54, 1.807) is 19.2 Å². The van der Waals surface area contributed by atoms with Crippen LogP contribution in [0.5, 0.6) is 5.88 Å². The number of nitrogens with one attached hydrogen (secondary N) is 2. The Morgan fingerprint density at radius 1 is 1.04 bits per heavy atom. The fourth-order valence-electron chi connectivity index (χ4n) is 2.49. The van der Waals surface area contributed by atoms with Crippen LogP contribution in [0, 0.1) is 0 Å². The van der Waals surface area contributed by atoms with Gasteiger partial charge in [-0.2, -0.15) is 13.2 Å². The Labute approximate surface area is 156 Å². The Kier molecular flexibility index (Phi) is 7.45. The van der Waals surface area contributed by atoms with Crippen molar-refractivity contribution >= 4 is 5.96 Å². The molecule has 0 aliphatic carbocycles. The molecule has 1 aromatic heterocycles. The minimum atomic E-state index is -4.41. The minimum absolute atomic E-state index is 0.0471. The molecule has 1 aromatic carbocycles. The monoisotopic (exact) mass is 380 g/mol. The summed E-state index contributed by atoms with van der Waals surface area (Å²) in [6.45, 7) is 1.54. The number of nitrogens with zero attached hydrogens (tertiary/aromatic N) is 2. The van der Waals surface area contributed by atoms with Crippen LogP contribution in [0.4, 0.5) is 13.2 Å². The molecule has 0 aliphatic heterocycles. The topological polar surface area (TPSA) is 58.5 Å².